The quantitative estimate of drug-likeness (QED) is 0.138. The van der Waals surface area contributed by atoms with E-state index in [1.807, 2.05) is 6.08 Å². The number of aryl methyl sites for hydroxylation is 1. The number of rotatable bonds is 12. The van der Waals surface area contributed by atoms with Crippen LogP contribution in [-0.4, -0.2) is 48.7 Å². The third-order valence-corrected chi connectivity index (χ3v) is 11.1. The van der Waals surface area contributed by atoms with Crippen LogP contribution in [-0.2, 0) is 25.7 Å². The van der Waals surface area contributed by atoms with E-state index in [0.717, 1.165) is 29.9 Å². The molecule has 0 aliphatic carbocycles. The molecule has 0 saturated carbocycles. The van der Waals surface area contributed by atoms with Gasteiger partial charge in [-0.2, -0.15) is 13.0 Å². The number of unbranched alkanes of at least 4 members (excludes halogenated alkanes) is 3. The van der Waals surface area contributed by atoms with Crippen molar-refractivity contribution in [1.29, 1.82) is 0 Å². The molecule has 3 aliphatic rings. The van der Waals surface area contributed by atoms with Crippen molar-refractivity contribution >= 4 is 38.8 Å². The van der Waals surface area contributed by atoms with Crippen molar-refractivity contribution in [2.45, 2.75) is 90.9 Å². The Morgan fingerprint density at radius 2 is 1.74 bits per heavy atom. The fourth-order valence-corrected chi connectivity index (χ4v) is 8.04. The van der Waals surface area contributed by atoms with Gasteiger partial charge >= 0.3 is 0 Å². The summed E-state index contributed by atoms with van der Waals surface area (Å²) in [5, 5.41) is 0.625. The van der Waals surface area contributed by atoms with Gasteiger partial charge in [-0.25, -0.2) is 0 Å². The molecular formula is C39H50ClN2O4S+. The van der Waals surface area contributed by atoms with Crippen LogP contribution >= 0.6 is 11.6 Å². The molecule has 1 N–H and O–H groups in total. The summed E-state index contributed by atoms with van der Waals surface area (Å²) in [7, 11) is -3.98. The molecule has 0 aromatic heterocycles. The number of fused-ring (bicyclic) bond motifs is 2. The first kappa shape index (κ1) is 35.2. The Kier molecular flexibility index (Phi) is 10.6. The van der Waals surface area contributed by atoms with E-state index in [9.17, 15) is 13.0 Å². The summed E-state index contributed by atoms with van der Waals surface area (Å²) < 4.78 is 40.5. The van der Waals surface area contributed by atoms with E-state index in [-0.39, 0.29) is 16.6 Å². The zero-order chi connectivity index (χ0) is 34.0. The van der Waals surface area contributed by atoms with E-state index in [1.54, 1.807) is 0 Å². The SMILES string of the molecule is CCCCC[N+]1=C(/C=C/C2=C(Cl)C(=C/C=C3/N(CCCCS(=O)(=O)O)c4ccc(C)cc4C3(C)C)/CCO2)C(C)(C)c2ccccc21. The molecule has 0 spiro atoms. The molecule has 2 aromatic carbocycles. The first-order valence-corrected chi connectivity index (χ1v) is 18.9. The minimum atomic E-state index is -3.98. The number of allylic oxidation sites excluding steroid dienone is 6. The lowest BCUT2D eigenvalue weighted by Crippen LogP contribution is -2.28. The number of hydrogen-bond donors (Lipinski definition) is 1. The highest BCUT2D eigenvalue weighted by molar-refractivity contribution is 7.85. The second-order valence-electron chi connectivity index (χ2n) is 14.0. The molecule has 6 nitrogen and oxygen atoms in total. The topological polar surface area (TPSA) is 69.9 Å². The molecule has 0 saturated heterocycles. The van der Waals surface area contributed by atoms with Gasteiger partial charge in [0.1, 0.15) is 12.3 Å². The molecule has 0 atom stereocenters. The van der Waals surface area contributed by atoms with Crippen molar-refractivity contribution in [1.82, 2.24) is 0 Å². The van der Waals surface area contributed by atoms with E-state index in [1.165, 1.54) is 40.9 Å². The summed E-state index contributed by atoms with van der Waals surface area (Å²) in [6.45, 7) is 15.6. The summed E-state index contributed by atoms with van der Waals surface area (Å²) in [4.78, 5) is 2.29. The van der Waals surface area contributed by atoms with Crippen molar-refractivity contribution in [3.05, 3.63) is 106 Å². The maximum atomic E-state index is 11.3. The van der Waals surface area contributed by atoms with Crippen molar-refractivity contribution in [2.24, 2.45) is 0 Å². The first-order valence-electron chi connectivity index (χ1n) is 17.0. The molecule has 3 aliphatic heterocycles. The first-order chi connectivity index (χ1) is 22.3. The molecule has 2 aromatic rings. The third-order valence-electron chi connectivity index (χ3n) is 9.83. The lowest BCUT2D eigenvalue weighted by atomic mass is 9.81. The summed E-state index contributed by atoms with van der Waals surface area (Å²) in [6.07, 6.45) is 13.8. The Balaban J connectivity index is 1.46. The van der Waals surface area contributed by atoms with Crippen molar-refractivity contribution in [3.8, 4) is 0 Å². The van der Waals surface area contributed by atoms with Crippen molar-refractivity contribution in [2.75, 3.05) is 30.3 Å². The second-order valence-corrected chi connectivity index (χ2v) is 16.0. The minimum absolute atomic E-state index is 0.143. The van der Waals surface area contributed by atoms with Crippen LogP contribution in [0.3, 0.4) is 0 Å². The normalized spacial score (nSPS) is 20.5. The largest absolute Gasteiger partial charge is 0.492 e. The van der Waals surface area contributed by atoms with Gasteiger partial charge < -0.3 is 9.64 Å². The van der Waals surface area contributed by atoms with E-state index in [4.69, 9.17) is 16.3 Å². The molecule has 0 bridgehead atoms. The van der Waals surface area contributed by atoms with Gasteiger partial charge in [0, 0.05) is 53.9 Å². The minimum Gasteiger partial charge on any atom is -0.492 e. The highest BCUT2D eigenvalue weighted by atomic mass is 35.5. The van der Waals surface area contributed by atoms with Crippen LogP contribution in [0.5, 0.6) is 0 Å². The monoisotopic (exact) mass is 677 g/mol. The summed E-state index contributed by atoms with van der Waals surface area (Å²) in [6, 6.07) is 15.2. The zero-order valence-corrected chi connectivity index (χ0v) is 30.3. The Labute approximate surface area is 286 Å². The summed E-state index contributed by atoms with van der Waals surface area (Å²) >= 11 is 7.07. The van der Waals surface area contributed by atoms with Gasteiger partial charge in [-0.05, 0) is 69.4 Å². The van der Waals surface area contributed by atoms with Crippen LogP contribution in [0, 0.1) is 6.92 Å². The number of halogens is 1. The predicted molar refractivity (Wildman–Crippen MR) is 195 cm³/mol. The molecule has 0 amide bonds. The van der Waals surface area contributed by atoms with Gasteiger partial charge in [-0.1, -0.05) is 80.8 Å². The van der Waals surface area contributed by atoms with Gasteiger partial charge in [-0.15, -0.1) is 0 Å². The predicted octanol–water partition coefficient (Wildman–Crippen LogP) is 9.26. The van der Waals surface area contributed by atoms with E-state index in [2.05, 4.69) is 112 Å². The number of hydrogen-bond acceptors (Lipinski definition) is 4. The summed E-state index contributed by atoms with van der Waals surface area (Å²) in [5.74, 6) is 0.450. The fraction of sp³-hybridized carbons (Fsp3) is 0.462. The number of anilines is 1. The molecule has 0 radical (unpaired) electrons. The van der Waals surface area contributed by atoms with Crippen LogP contribution in [0.1, 0.15) is 89.8 Å². The number of para-hydroxylation sites is 1. The van der Waals surface area contributed by atoms with Crippen LogP contribution < -0.4 is 4.90 Å². The molecular weight excluding hydrogens is 628 g/mol. The lowest BCUT2D eigenvalue weighted by Gasteiger charge is -2.27. The molecule has 0 unspecified atom stereocenters. The molecule has 3 heterocycles. The van der Waals surface area contributed by atoms with Crippen LogP contribution in [0.25, 0.3) is 0 Å². The van der Waals surface area contributed by atoms with Crippen molar-refractivity contribution < 1.29 is 22.3 Å². The average Bonchev–Trinajstić information content (AvgIpc) is 3.36. The van der Waals surface area contributed by atoms with Crippen LogP contribution in [0.4, 0.5) is 11.4 Å². The number of nitrogens with zero attached hydrogens (tertiary/aromatic N) is 2. The van der Waals surface area contributed by atoms with Gasteiger partial charge in [0.05, 0.1) is 22.8 Å². The van der Waals surface area contributed by atoms with Gasteiger partial charge in [-0.3, -0.25) is 4.55 Å². The lowest BCUT2D eigenvalue weighted by molar-refractivity contribution is -0.438. The Bertz CT molecular complexity index is 1780. The van der Waals surface area contributed by atoms with Crippen LogP contribution in [0.15, 0.2) is 88.8 Å². The highest BCUT2D eigenvalue weighted by Gasteiger charge is 2.44. The van der Waals surface area contributed by atoms with Crippen molar-refractivity contribution in [3.63, 3.8) is 0 Å². The summed E-state index contributed by atoms with van der Waals surface area (Å²) in [5.41, 5.74) is 9.21. The van der Waals surface area contributed by atoms with E-state index < -0.39 is 10.1 Å². The third kappa shape index (κ3) is 7.48. The molecule has 0 fully saturated rings. The molecule has 252 valence electrons. The second kappa shape index (κ2) is 14.2. The Hall–Kier alpha value is -3.13. The standard InChI is InChI=1S/C39H49ClN2O4S/c1-7-8-11-23-41-32-15-10-9-14-30(32)38(3,4)36(41)21-19-34-37(40)29(22-25-46-34)17-20-35-39(5,6)31-27-28(2)16-18-33(31)42(35)24-12-13-26-47(43,44)45/h9-10,14-21,27H,7-8,11-13,22-26H2,1-6H3/p+1. The fourth-order valence-electron chi connectivity index (χ4n) is 7.20. The smallest absolute Gasteiger partial charge is 0.264 e. The Morgan fingerprint density at radius 3 is 2.49 bits per heavy atom. The molecule has 5 rings (SSSR count). The molecule has 47 heavy (non-hydrogen) atoms. The van der Waals surface area contributed by atoms with E-state index in [0.29, 0.717) is 43.2 Å². The van der Waals surface area contributed by atoms with Gasteiger partial charge in [0.25, 0.3) is 10.1 Å². The number of ether oxygens (including phenoxy) is 1. The van der Waals surface area contributed by atoms with Gasteiger partial charge in [0.2, 0.25) is 5.69 Å². The van der Waals surface area contributed by atoms with Crippen LogP contribution in [0.2, 0.25) is 0 Å². The average molecular weight is 678 g/mol. The maximum absolute atomic E-state index is 11.3. The van der Waals surface area contributed by atoms with E-state index >= 15 is 0 Å². The maximum Gasteiger partial charge on any atom is 0.264 e. The zero-order valence-electron chi connectivity index (χ0n) is 28.8. The Morgan fingerprint density at radius 1 is 0.979 bits per heavy atom. The van der Waals surface area contributed by atoms with Gasteiger partial charge in [0.15, 0.2) is 5.71 Å². The number of benzene rings is 2. The molecule has 8 heteroatoms. The highest BCUT2D eigenvalue weighted by Crippen LogP contribution is 2.48.